The molecule has 0 fully saturated rings. The van der Waals surface area contributed by atoms with Crippen LogP contribution in [0.2, 0.25) is 0 Å². The van der Waals surface area contributed by atoms with Crippen LogP contribution in [0.1, 0.15) is 12.8 Å². The molecule has 0 aromatic rings. The van der Waals surface area contributed by atoms with E-state index in [0.29, 0.717) is 6.42 Å². The summed E-state index contributed by atoms with van der Waals surface area (Å²) in [5.41, 5.74) is 7.98. The summed E-state index contributed by atoms with van der Waals surface area (Å²) in [6, 6.07) is 0. The smallest absolute Gasteiger partial charge is 0.312 e. The van der Waals surface area contributed by atoms with Gasteiger partial charge in [-0.05, 0) is 12.0 Å². The second-order valence-corrected chi connectivity index (χ2v) is 5.00. The van der Waals surface area contributed by atoms with Gasteiger partial charge in [-0.15, -0.1) is 0 Å². The van der Waals surface area contributed by atoms with Gasteiger partial charge in [0.15, 0.2) is 0 Å². The van der Waals surface area contributed by atoms with E-state index in [0.717, 1.165) is 0 Å². The van der Waals surface area contributed by atoms with E-state index >= 15 is 0 Å². The fourth-order valence-corrected chi connectivity index (χ4v) is 1.89. The summed E-state index contributed by atoms with van der Waals surface area (Å²) in [6.07, 6.45) is 0.405. The van der Waals surface area contributed by atoms with E-state index in [1.54, 1.807) is 0 Å². The second-order valence-electron chi connectivity index (χ2n) is 2.73. The van der Waals surface area contributed by atoms with Gasteiger partial charge in [-0.1, -0.05) is 5.11 Å². The van der Waals surface area contributed by atoms with Crippen molar-refractivity contribution in [3.63, 3.8) is 0 Å². The second kappa shape index (κ2) is 7.43. The highest BCUT2D eigenvalue weighted by atomic mass is 31.2. The third-order valence-corrected chi connectivity index (χ3v) is 3.56. The molecule has 0 aliphatic carbocycles. The number of azide groups is 1. The number of hydrogen-bond donors (Lipinski definition) is 0. The molecule has 8 heteroatoms. The summed E-state index contributed by atoms with van der Waals surface area (Å²) in [7, 11) is -0.779. The number of Topliss-reactive ketones (excluding diaryl/α,β-unsaturated/α-hetero) is 1. The molecule has 0 saturated carbocycles. The standard InChI is InChI=1S/C7H14N3O4P/c1-13-15(12,14-2)6-7(11)4-3-5-9-10-8/h3-6H2,1-2H3. The maximum Gasteiger partial charge on any atom is 0.337 e. The molecule has 0 amide bonds. The molecule has 15 heavy (non-hydrogen) atoms. The first kappa shape index (κ1) is 14.1. The molecular formula is C7H14N3O4P. The van der Waals surface area contributed by atoms with Gasteiger partial charge < -0.3 is 9.05 Å². The Bertz CT molecular complexity index is 293. The van der Waals surface area contributed by atoms with E-state index in [2.05, 4.69) is 19.1 Å². The van der Waals surface area contributed by atoms with Crippen LogP contribution in [0.4, 0.5) is 0 Å². The Labute approximate surface area is 87.9 Å². The van der Waals surface area contributed by atoms with Crippen LogP contribution >= 0.6 is 7.60 Å². The first-order chi connectivity index (χ1) is 7.08. The van der Waals surface area contributed by atoms with Crippen molar-refractivity contribution < 1.29 is 18.4 Å². The van der Waals surface area contributed by atoms with E-state index in [1.807, 2.05) is 0 Å². The zero-order chi connectivity index (χ0) is 11.7. The van der Waals surface area contributed by atoms with Gasteiger partial charge in [-0.3, -0.25) is 9.36 Å². The Morgan fingerprint density at radius 2 is 2.07 bits per heavy atom. The molecule has 0 radical (unpaired) electrons. The molecular weight excluding hydrogens is 221 g/mol. The van der Waals surface area contributed by atoms with Gasteiger partial charge >= 0.3 is 7.60 Å². The molecule has 0 atom stereocenters. The number of carbonyl (C=O) groups excluding carboxylic acids is 1. The highest BCUT2D eigenvalue weighted by Gasteiger charge is 2.24. The summed E-state index contributed by atoms with van der Waals surface area (Å²) in [5, 5.41) is 3.28. The molecule has 86 valence electrons. The van der Waals surface area contributed by atoms with Crippen molar-refractivity contribution in [1.29, 1.82) is 0 Å². The molecule has 0 unspecified atom stereocenters. The molecule has 0 rings (SSSR count). The van der Waals surface area contributed by atoms with Gasteiger partial charge in [0.2, 0.25) is 0 Å². The van der Waals surface area contributed by atoms with E-state index < -0.39 is 7.60 Å². The average molecular weight is 235 g/mol. The van der Waals surface area contributed by atoms with Crippen LogP contribution in [0.3, 0.4) is 0 Å². The molecule has 0 aromatic carbocycles. The molecule has 0 saturated heterocycles. The number of nitrogens with zero attached hydrogens (tertiary/aromatic N) is 3. The van der Waals surface area contributed by atoms with E-state index in [-0.39, 0.29) is 24.9 Å². The largest absolute Gasteiger partial charge is 0.337 e. The quantitative estimate of drug-likeness (QED) is 0.211. The van der Waals surface area contributed by atoms with Crippen molar-refractivity contribution in [3.05, 3.63) is 10.4 Å². The number of rotatable bonds is 8. The first-order valence-corrected chi connectivity index (χ1v) is 6.04. The zero-order valence-corrected chi connectivity index (χ0v) is 9.64. The van der Waals surface area contributed by atoms with Crippen LogP contribution in [-0.2, 0) is 18.4 Å². The molecule has 0 bridgehead atoms. The number of carbonyl (C=O) groups is 1. The molecule has 0 aliphatic heterocycles. The molecule has 0 spiro atoms. The number of hydrogen-bond acceptors (Lipinski definition) is 5. The van der Waals surface area contributed by atoms with Gasteiger partial charge in [0.05, 0.1) is 0 Å². The Balaban J connectivity index is 3.92. The van der Waals surface area contributed by atoms with Crippen LogP contribution in [0.25, 0.3) is 10.4 Å². The predicted octanol–water partition coefficient (Wildman–Crippen LogP) is 2.13. The minimum atomic E-state index is -3.25. The van der Waals surface area contributed by atoms with Crippen molar-refractivity contribution >= 4 is 13.4 Å². The Morgan fingerprint density at radius 1 is 1.47 bits per heavy atom. The minimum absolute atomic E-state index is 0.204. The normalized spacial score (nSPS) is 10.8. The first-order valence-electron chi connectivity index (χ1n) is 4.31. The summed E-state index contributed by atoms with van der Waals surface area (Å²) >= 11 is 0. The van der Waals surface area contributed by atoms with Crippen LogP contribution in [0.5, 0.6) is 0 Å². The Morgan fingerprint density at radius 3 is 2.53 bits per heavy atom. The summed E-state index contributed by atoms with van der Waals surface area (Å²) in [5.74, 6) is -0.227. The lowest BCUT2D eigenvalue weighted by atomic mass is 10.2. The lowest BCUT2D eigenvalue weighted by molar-refractivity contribution is -0.117. The molecule has 7 nitrogen and oxygen atoms in total. The Hall–Kier alpha value is -0.870. The van der Waals surface area contributed by atoms with Crippen molar-refractivity contribution in [1.82, 2.24) is 0 Å². The molecule has 0 heterocycles. The van der Waals surface area contributed by atoms with E-state index in [1.165, 1.54) is 14.2 Å². The molecule has 0 aromatic heterocycles. The highest BCUT2D eigenvalue weighted by molar-refractivity contribution is 7.54. The van der Waals surface area contributed by atoms with Crippen molar-refractivity contribution in [2.75, 3.05) is 26.9 Å². The van der Waals surface area contributed by atoms with Gasteiger partial charge in [-0.25, -0.2) is 0 Å². The van der Waals surface area contributed by atoms with E-state index in [9.17, 15) is 9.36 Å². The summed E-state index contributed by atoms with van der Waals surface area (Å²) < 4.78 is 20.7. The fraction of sp³-hybridized carbons (Fsp3) is 0.857. The van der Waals surface area contributed by atoms with Gasteiger partial charge in [0, 0.05) is 32.1 Å². The third-order valence-electron chi connectivity index (χ3n) is 1.70. The maximum absolute atomic E-state index is 11.5. The topological polar surface area (TPSA) is 101 Å². The fourth-order valence-electron chi connectivity index (χ4n) is 0.890. The van der Waals surface area contributed by atoms with Gasteiger partial charge in [0.25, 0.3) is 0 Å². The predicted molar refractivity (Wildman–Crippen MR) is 54.7 cm³/mol. The minimum Gasteiger partial charge on any atom is -0.312 e. The van der Waals surface area contributed by atoms with Crippen molar-refractivity contribution in [2.45, 2.75) is 12.8 Å². The van der Waals surface area contributed by atoms with Crippen LogP contribution in [0, 0.1) is 0 Å². The monoisotopic (exact) mass is 235 g/mol. The SMILES string of the molecule is COP(=O)(CC(=O)CCCN=[N+]=[N-])OC. The summed E-state index contributed by atoms with van der Waals surface area (Å²) in [6.45, 7) is 0.256. The average Bonchev–Trinajstić information content (AvgIpc) is 2.24. The maximum atomic E-state index is 11.5. The van der Waals surface area contributed by atoms with E-state index in [4.69, 9.17) is 5.53 Å². The Kier molecular flexibility index (Phi) is 6.99. The van der Waals surface area contributed by atoms with Crippen LogP contribution in [-0.4, -0.2) is 32.7 Å². The highest BCUT2D eigenvalue weighted by Crippen LogP contribution is 2.46. The molecule has 0 N–H and O–H groups in total. The summed E-state index contributed by atoms with van der Waals surface area (Å²) in [4.78, 5) is 13.8. The third kappa shape index (κ3) is 6.25. The zero-order valence-electron chi connectivity index (χ0n) is 8.75. The van der Waals surface area contributed by atoms with Crippen molar-refractivity contribution in [3.8, 4) is 0 Å². The van der Waals surface area contributed by atoms with Crippen LogP contribution < -0.4 is 0 Å². The van der Waals surface area contributed by atoms with Gasteiger partial charge in [0.1, 0.15) is 11.9 Å². The van der Waals surface area contributed by atoms with Crippen LogP contribution in [0.15, 0.2) is 5.11 Å². The number of ketones is 1. The lowest BCUT2D eigenvalue weighted by Gasteiger charge is -2.11. The lowest BCUT2D eigenvalue weighted by Crippen LogP contribution is -2.08. The van der Waals surface area contributed by atoms with Gasteiger partial charge in [-0.2, -0.15) is 0 Å². The van der Waals surface area contributed by atoms with Crippen molar-refractivity contribution in [2.24, 2.45) is 5.11 Å². The molecule has 0 aliphatic rings.